The number of fused-ring (bicyclic) bond motifs is 2. The van der Waals surface area contributed by atoms with Gasteiger partial charge in [0.2, 0.25) is 6.79 Å². The molecule has 4 fully saturated rings. The number of aliphatic hydroxyl groups excluding tert-OH is 2. The van der Waals surface area contributed by atoms with Crippen molar-refractivity contribution in [2.75, 3.05) is 40.9 Å². The van der Waals surface area contributed by atoms with E-state index < -0.39 is 113 Å². The Morgan fingerprint density at radius 1 is 0.896 bits per heavy atom. The number of thioether (sulfide) groups is 1. The van der Waals surface area contributed by atoms with Gasteiger partial charge in [0.05, 0.1) is 52.9 Å². The van der Waals surface area contributed by atoms with Gasteiger partial charge in [0.15, 0.2) is 35.5 Å². The molecule has 4 saturated heterocycles. The van der Waals surface area contributed by atoms with Crippen molar-refractivity contribution in [3.05, 3.63) is 23.8 Å². The monoisotopic (exact) mass is 965 g/mol. The van der Waals surface area contributed by atoms with Crippen molar-refractivity contribution in [1.82, 2.24) is 4.90 Å². The summed E-state index contributed by atoms with van der Waals surface area (Å²) in [5.41, 5.74) is -3.57. The summed E-state index contributed by atoms with van der Waals surface area (Å²) in [6.45, 7) is 17.8. The minimum absolute atomic E-state index is 0.0200. The van der Waals surface area contributed by atoms with Crippen LogP contribution in [0.2, 0.25) is 0 Å². The van der Waals surface area contributed by atoms with E-state index in [9.17, 15) is 24.6 Å². The lowest BCUT2D eigenvalue weighted by Crippen LogP contribution is -2.61. The van der Waals surface area contributed by atoms with E-state index in [1.165, 1.54) is 14.2 Å². The third-order valence-electron chi connectivity index (χ3n) is 15.4. The highest BCUT2D eigenvalue weighted by atomic mass is 32.2. The second-order valence-corrected chi connectivity index (χ2v) is 21.4. The predicted molar refractivity (Wildman–Crippen MR) is 246 cm³/mol. The third kappa shape index (κ3) is 10.6. The number of hydrogen-bond donors (Lipinski definition) is 2. The van der Waals surface area contributed by atoms with Crippen LogP contribution in [0.3, 0.4) is 0 Å². The number of ether oxygens (including phenoxy) is 10. The highest BCUT2D eigenvalue weighted by Crippen LogP contribution is 2.50. The first kappa shape index (κ1) is 53.4. The molecule has 0 bridgehead atoms. The molecule has 17 nitrogen and oxygen atoms in total. The molecule has 0 aliphatic carbocycles. The number of esters is 2. The zero-order valence-electron chi connectivity index (χ0n) is 41.7. The van der Waals surface area contributed by atoms with Gasteiger partial charge in [-0.2, -0.15) is 0 Å². The number of rotatable bonds is 12. The minimum atomic E-state index is -1.50. The molecule has 0 amide bonds. The number of likely N-dealkylation sites (N-methyl/N-ethyl adjacent to an activating group) is 1. The van der Waals surface area contributed by atoms with Crippen LogP contribution in [0.15, 0.2) is 18.2 Å². The van der Waals surface area contributed by atoms with Gasteiger partial charge in [-0.15, -0.1) is 11.8 Å². The molecule has 2 N–H and O–H groups in total. The number of methoxy groups -OCH3 is 2. The van der Waals surface area contributed by atoms with Crippen molar-refractivity contribution in [1.29, 1.82) is 0 Å². The number of nitrogens with zero attached hydrogens (tertiary/aromatic N) is 1. The van der Waals surface area contributed by atoms with Gasteiger partial charge in [-0.1, -0.05) is 33.8 Å². The number of carbonyl (C=O) groups excluding carboxylic acids is 4. The highest BCUT2D eigenvalue weighted by molar-refractivity contribution is 8.01. The molecule has 378 valence electrons. The minimum Gasteiger partial charge on any atom is -0.458 e. The Balaban J connectivity index is 1.42. The molecule has 1 aromatic rings. The van der Waals surface area contributed by atoms with Crippen LogP contribution >= 0.6 is 11.8 Å². The van der Waals surface area contributed by atoms with E-state index in [-0.39, 0.29) is 55.5 Å². The SMILES string of the molecule is CC[C@H]1OC(=O)[C@H](C)[C@@H](O[C@H]2C[C@@](C)(OC)[C@@H](O)[C@@H](C)O2)[C@H](C)[C@@H](O[C@@H]2O[C@H](C)C[C@H](N(C)C)[C@H]2O)[C@](C)(OC)C[C@@H](C)C(=O)[C@H](C)C2C(SCC(=O)c3cccc4c3OCO4)C(=O)O[C@@]21C. The quantitative estimate of drug-likeness (QED) is 0.210. The van der Waals surface area contributed by atoms with E-state index in [0.29, 0.717) is 23.5 Å². The molecule has 19 atom stereocenters. The number of aliphatic hydroxyl groups is 2. The standard InChI is InChI=1S/C49H75NO16S/c1-15-34-49(10)36(41(45(56)66-49)67-22-32(51)30-17-16-18-33-40(30)60-23-59-33)26(4)37(52)24(2)20-48(9,58-14)43(65-46-38(53)31(50(11)12)19-25(3)61-46)27(5)39(28(6)44(55)63-34)64-35-21-47(8,57-13)42(54)29(7)62-35/h16-18,24-29,31,34-36,38-39,41-43,46,53-54H,15,19-23H2,1-14H3/t24-,25-,26-,27+,28-,29-,31+,34-,35+,36?,38-,39+,41?,42+,43-,46+,47-,48-,49-/m1/s1. The Bertz CT molecular complexity index is 1940. The Hall–Kier alpha value is -2.91. The zero-order valence-corrected chi connectivity index (χ0v) is 42.5. The third-order valence-corrected chi connectivity index (χ3v) is 16.6. The predicted octanol–water partition coefficient (Wildman–Crippen LogP) is 4.97. The van der Waals surface area contributed by atoms with Crippen LogP contribution in [0, 0.1) is 29.6 Å². The van der Waals surface area contributed by atoms with Crippen molar-refractivity contribution in [3.8, 4) is 11.5 Å². The summed E-state index contributed by atoms with van der Waals surface area (Å²) in [7, 11) is 6.79. The van der Waals surface area contributed by atoms with E-state index in [1.54, 1.807) is 59.7 Å². The number of benzene rings is 1. The topological polar surface area (TPSA) is 204 Å². The van der Waals surface area contributed by atoms with Gasteiger partial charge >= 0.3 is 11.9 Å². The Morgan fingerprint density at radius 2 is 1.58 bits per heavy atom. The molecule has 0 radical (unpaired) electrons. The van der Waals surface area contributed by atoms with E-state index >= 15 is 4.79 Å². The fourth-order valence-corrected chi connectivity index (χ4v) is 12.7. The van der Waals surface area contributed by atoms with Crippen molar-refractivity contribution in [2.45, 2.75) is 178 Å². The summed E-state index contributed by atoms with van der Waals surface area (Å²) in [4.78, 5) is 60.0. The first-order chi connectivity index (χ1) is 31.4. The number of hydrogen-bond acceptors (Lipinski definition) is 18. The molecule has 18 heteroatoms. The lowest BCUT2D eigenvalue weighted by Gasteiger charge is -2.50. The molecule has 5 aliphatic heterocycles. The van der Waals surface area contributed by atoms with Crippen LogP contribution in [0.5, 0.6) is 11.5 Å². The van der Waals surface area contributed by atoms with Crippen LogP contribution < -0.4 is 9.47 Å². The molecule has 0 aromatic heterocycles. The van der Waals surface area contributed by atoms with Crippen LogP contribution in [0.25, 0.3) is 0 Å². The maximum absolute atomic E-state index is 15.1. The second kappa shape index (κ2) is 21.2. The van der Waals surface area contributed by atoms with Gasteiger partial charge in [-0.25, -0.2) is 0 Å². The summed E-state index contributed by atoms with van der Waals surface area (Å²) >= 11 is 1.08. The Morgan fingerprint density at radius 3 is 2.22 bits per heavy atom. The average molecular weight is 966 g/mol. The molecular weight excluding hydrogens is 891 g/mol. The lowest BCUT2D eigenvalue weighted by atomic mass is 9.70. The van der Waals surface area contributed by atoms with Gasteiger partial charge in [0.1, 0.15) is 29.3 Å². The number of carbonyl (C=O) groups is 4. The van der Waals surface area contributed by atoms with Crippen molar-refractivity contribution >= 4 is 35.3 Å². The van der Waals surface area contributed by atoms with Gasteiger partial charge in [-0.05, 0) is 87.0 Å². The molecule has 2 unspecified atom stereocenters. The maximum Gasteiger partial charge on any atom is 0.320 e. The number of cyclic esters (lactones) is 1. The van der Waals surface area contributed by atoms with Crippen LogP contribution in [0.1, 0.15) is 105 Å². The van der Waals surface area contributed by atoms with E-state index in [2.05, 4.69) is 0 Å². The molecule has 5 aliphatic rings. The smallest absolute Gasteiger partial charge is 0.320 e. The molecule has 0 spiro atoms. The maximum atomic E-state index is 15.1. The lowest BCUT2D eigenvalue weighted by molar-refractivity contribution is -0.319. The Labute approximate surface area is 399 Å². The van der Waals surface area contributed by atoms with Crippen molar-refractivity contribution in [2.24, 2.45) is 29.6 Å². The number of para-hydroxylation sites is 1. The molecule has 1 aromatic carbocycles. The Kier molecular flexibility index (Phi) is 16.9. The molecule has 5 heterocycles. The van der Waals surface area contributed by atoms with Gasteiger partial charge in [0, 0.05) is 50.4 Å². The van der Waals surface area contributed by atoms with E-state index in [1.807, 2.05) is 46.7 Å². The molecule has 0 saturated carbocycles. The fraction of sp³-hybridized carbons (Fsp3) is 0.796. The summed E-state index contributed by atoms with van der Waals surface area (Å²) in [6.07, 6.45) is -7.34. The fourth-order valence-electron chi connectivity index (χ4n) is 11.3. The zero-order chi connectivity index (χ0) is 49.5. The summed E-state index contributed by atoms with van der Waals surface area (Å²) < 4.78 is 62.6. The summed E-state index contributed by atoms with van der Waals surface area (Å²) in [6, 6.07) is 4.73. The van der Waals surface area contributed by atoms with Gasteiger partial charge in [-0.3, -0.25) is 19.2 Å². The van der Waals surface area contributed by atoms with E-state index in [0.717, 1.165) is 11.8 Å². The first-order valence-corrected chi connectivity index (χ1v) is 24.7. The largest absolute Gasteiger partial charge is 0.458 e. The molecular formula is C49H75NO16S. The normalized spacial score (nSPS) is 43.0. The highest BCUT2D eigenvalue weighted by Gasteiger charge is 2.62. The van der Waals surface area contributed by atoms with Gasteiger partial charge < -0.3 is 62.5 Å². The van der Waals surface area contributed by atoms with Crippen LogP contribution in [-0.4, -0.2) is 163 Å². The van der Waals surface area contributed by atoms with Crippen LogP contribution in [-0.2, 0) is 52.3 Å². The first-order valence-electron chi connectivity index (χ1n) is 23.7. The van der Waals surface area contributed by atoms with Crippen LogP contribution in [0.4, 0.5) is 0 Å². The molecule has 67 heavy (non-hydrogen) atoms. The number of Topliss-reactive ketones (excluding diaryl/α,β-unsaturated/α-hetero) is 2. The van der Waals surface area contributed by atoms with Crippen molar-refractivity contribution < 1.29 is 76.8 Å². The molecule has 6 rings (SSSR count). The van der Waals surface area contributed by atoms with E-state index in [4.69, 9.17) is 47.4 Å². The number of ketones is 2. The second-order valence-electron chi connectivity index (χ2n) is 20.3. The average Bonchev–Trinajstić information content (AvgIpc) is 3.88. The van der Waals surface area contributed by atoms with Gasteiger partial charge in [0.25, 0.3) is 0 Å². The van der Waals surface area contributed by atoms with Crippen molar-refractivity contribution in [3.63, 3.8) is 0 Å². The summed E-state index contributed by atoms with van der Waals surface area (Å²) in [5, 5.41) is 21.9. The summed E-state index contributed by atoms with van der Waals surface area (Å²) in [5.74, 6) is -5.39.